The molecule has 1 N–H and O–H groups in total. The van der Waals surface area contributed by atoms with E-state index in [1.807, 2.05) is 34.0 Å². The number of nitrogens with one attached hydrogen (secondary N) is 1. The Morgan fingerprint density at radius 1 is 1.33 bits per heavy atom. The summed E-state index contributed by atoms with van der Waals surface area (Å²) >= 11 is 0. The van der Waals surface area contributed by atoms with Gasteiger partial charge >= 0.3 is 0 Å². The average Bonchev–Trinajstić information content (AvgIpc) is 2.76. The standard InChI is InChI=1S/C15H23N5O/c1-6-12-11(10-19(5)18-12)9-17-13-14(21)20(8-7-16-13)15(2,3)4/h7-8,10H,6,9H2,1-5H3,(H,16,17). The molecule has 0 saturated heterocycles. The lowest BCUT2D eigenvalue weighted by atomic mass is 10.1. The largest absolute Gasteiger partial charge is 0.361 e. The maximum absolute atomic E-state index is 12.4. The molecule has 2 aromatic heterocycles. The van der Waals surface area contributed by atoms with Crippen LogP contribution >= 0.6 is 0 Å². The van der Waals surface area contributed by atoms with E-state index in [0.29, 0.717) is 12.4 Å². The van der Waals surface area contributed by atoms with Gasteiger partial charge in [0.15, 0.2) is 5.82 Å². The number of nitrogens with zero attached hydrogens (tertiary/aromatic N) is 4. The fourth-order valence-corrected chi connectivity index (χ4v) is 2.27. The fraction of sp³-hybridized carbons (Fsp3) is 0.533. The molecule has 0 amide bonds. The molecule has 21 heavy (non-hydrogen) atoms. The second-order valence-electron chi connectivity index (χ2n) is 6.10. The summed E-state index contributed by atoms with van der Waals surface area (Å²) in [7, 11) is 1.90. The van der Waals surface area contributed by atoms with Crippen LogP contribution in [-0.2, 0) is 25.6 Å². The van der Waals surface area contributed by atoms with E-state index in [0.717, 1.165) is 17.7 Å². The summed E-state index contributed by atoms with van der Waals surface area (Å²) in [6, 6.07) is 0. The van der Waals surface area contributed by atoms with Crippen LogP contribution < -0.4 is 10.9 Å². The molecular weight excluding hydrogens is 266 g/mol. The summed E-state index contributed by atoms with van der Waals surface area (Å²) in [5.74, 6) is 0.373. The van der Waals surface area contributed by atoms with E-state index in [2.05, 4.69) is 22.3 Å². The highest BCUT2D eigenvalue weighted by atomic mass is 16.1. The lowest BCUT2D eigenvalue weighted by molar-refractivity contribution is 0.383. The summed E-state index contributed by atoms with van der Waals surface area (Å²) < 4.78 is 3.48. The van der Waals surface area contributed by atoms with E-state index in [1.54, 1.807) is 21.6 Å². The normalized spacial score (nSPS) is 11.7. The minimum Gasteiger partial charge on any atom is -0.361 e. The highest BCUT2D eigenvalue weighted by Gasteiger charge is 2.16. The molecule has 114 valence electrons. The second-order valence-corrected chi connectivity index (χ2v) is 6.10. The highest BCUT2D eigenvalue weighted by molar-refractivity contribution is 5.33. The zero-order valence-corrected chi connectivity index (χ0v) is 13.3. The van der Waals surface area contributed by atoms with E-state index < -0.39 is 0 Å². The monoisotopic (exact) mass is 289 g/mol. The summed E-state index contributed by atoms with van der Waals surface area (Å²) in [5.41, 5.74) is 1.76. The van der Waals surface area contributed by atoms with Gasteiger partial charge in [-0.15, -0.1) is 0 Å². The van der Waals surface area contributed by atoms with Crippen LogP contribution in [0.5, 0.6) is 0 Å². The van der Waals surface area contributed by atoms with Crippen LogP contribution in [0.3, 0.4) is 0 Å². The maximum atomic E-state index is 12.4. The van der Waals surface area contributed by atoms with Crippen LogP contribution in [0.25, 0.3) is 0 Å². The topological polar surface area (TPSA) is 64.7 Å². The van der Waals surface area contributed by atoms with Crippen molar-refractivity contribution in [3.8, 4) is 0 Å². The third-order valence-corrected chi connectivity index (χ3v) is 3.34. The van der Waals surface area contributed by atoms with Gasteiger partial charge < -0.3 is 9.88 Å². The molecule has 0 aliphatic rings. The SMILES string of the molecule is CCc1nn(C)cc1CNc1nccn(C(C)(C)C)c1=O. The summed E-state index contributed by atoms with van der Waals surface area (Å²) in [4.78, 5) is 16.6. The van der Waals surface area contributed by atoms with E-state index in [-0.39, 0.29) is 11.1 Å². The van der Waals surface area contributed by atoms with Gasteiger partial charge in [-0.3, -0.25) is 9.48 Å². The molecule has 0 aliphatic heterocycles. The minimum absolute atomic E-state index is 0.105. The smallest absolute Gasteiger partial charge is 0.293 e. The molecule has 0 radical (unpaired) electrons. The number of hydrogen-bond donors (Lipinski definition) is 1. The first-order valence-corrected chi connectivity index (χ1v) is 7.16. The van der Waals surface area contributed by atoms with Crippen LogP contribution in [-0.4, -0.2) is 19.3 Å². The molecule has 0 atom stereocenters. The highest BCUT2D eigenvalue weighted by Crippen LogP contribution is 2.12. The molecule has 0 aromatic carbocycles. The molecule has 2 heterocycles. The van der Waals surface area contributed by atoms with Crippen LogP contribution in [0, 0.1) is 0 Å². The Labute approximate surface area is 124 Å². The van der Waals surface area contributed by atoms with Gasteiger partial charge in [-0.25, -0.2) is 4.98 Å². The Hall–Kier alpha value is -2.11. The Morgan fingerprint density at radius 3 is 2.67 bits per heavy atom. The molecule has 0 saturated carbocycles. The Bertz CT molecular complexity index is 678. The van der Waals surface area contributed by atoms with Crippen LogP contribution in [0.1, 0.15) is 39.0 Å². The lowest BCUT2D eigenvalue weighted by Crippen LogP contribution is -2.35. The summed E-state index contributed by atoms with van der Waals surface area (Å²) in [6.07, 6.45) is 6.21. The van der Waals surface area contributed by atoms with Gasteiger partial charge in [-0.05, 0) is 27.2 Å². The number of rotatable bonds is 4. The predicted octanol–water partition coefficient (Wildman–Crippen LogP) is 1.91. The fourth-order valence-electron chi connectivity index (χ4n) is 2.27. The van der Waals surface area contributed by atoms with E-state index in [4.69, 9.17) is 0 Å². The van der Waals surface area contributed by atoms with Gasteiger partial charge in [0.05, 0.1) is 5.69 Å². The number of anilines is 1. The van der Waals surface area contributed by atoms with Gasteiger partial charge in [0.2, 0.25) is 0 Å². The molecule has 0 aliphatic carbocycles. The number of aryl methyl sites for hydroxylation is 2. The summed E-state index contributed by atoms with van der Waals surface area (Å²) in [5, 5.41) is 7.53. The Kier molecular flexibility index (Phi) is 4.16. The van der Waals surface area contributed by atoms with E-state index in [9.17, 15) is 4.79 Å². The first-order valence-electron chi connectivity index (χ1n) is 7.16. The van der Waals surface area contributed by atoms with Crippen molar-refractivity contribution in [1.29, 1.82) is 0 Å². The predicted molar refractivity (Wildman–Crippen MR) is 83.4 cm³/mol. The van der Waals surface area contributed by atoms with Crippen molar-refractivity contribution in [3.05, 3.63) is 40.2 Å². The molecule has 0 bridgehead atoms. The minimum atomic E-state index is -0.265. The Morgan fingerprint density at radius 2 is 2.05 bits per heavy atom. The van der Waals surface area contributed by atoms with Crippen molar-refractivity contribution in [2.45, 2.75) is 46.2 Å². The molecule has 0 unspecified atom stereocenters. The molecular formula is C15H23N5O. The van der Waals surface area contributed by atoms with E-state index >= 15 is 0 Å². The quantitative estimate of drug-likeness (QED) is 0.933. The number of aromatic nitrogens is 4. The molecule has 2 aromatic rings. The van der Waals surface area contributed by atoms with Gasteiger partial charge in [-0.2, -0.15) is 5.10 Å². The van der Waals surface area contributed by atoms with Crippen molar-refractivity contribution >= 4 is 5.82 Å². The first kappa shape index (κ1) is 15.3. The average molecular weight is 289 g/mol. The van der Waals surface area contributed by atoms with Crippen molar-refractivity contribution in [2.24, 2.45) is 7.05 Å². The van der Waals surface area contributed by atoms with E-state index in [1.165, 1.54) is 0 Å². The van der Waals surface area contributed by atoms with Crippen molar-refractivity contribution in [3.63, 3.8) is 0 Å². The molecule has 0 spiro atoms. The molecule has 6 heteroatoms. The number of hydrogen-bond acceptors (Lipinski definition) is 4. The van der Waals surface area contributed by atoms with Crippen LogP contribution in [0.2, 0.25) is 0 Å². The van der Waals surface area contributed by atoms with Crippen molar-refractivity contribution < 1.29 is 0 Å². The van der Waals surface area contributed by atoms with Crippen LogP contribution in [0.4, 0.5) is 5.82 Å². The summed E-state index contributed by atoms with van der Waals surface area (Å²) in [6.45, 7) is 8.60. The van der Waals surface area contributed by atoms with Gasteiger partial charge in [0, 0.05) is 43.3 Å². The Balaban J connectivity index is 2.23. The van der Waals surface area contributed by atoms with Crippen LogP contribution in [0.15, 0.2) is 23.4 Å². The van der Waals surface area contributed by atoms with Gasteiger partial charge in [0.25, 0.3) is 5.56 Å². The molecule has 2 rings (SSSR count). The van der Waals surface area contributed by atoms with Crippen molar-refractivity contribution in [2.75, 3.05) is 5.32 Å². The van der Waals surface area contributed by atoms with Crippen molar-refractivity contribution in [1.82, 2.24) is 19.3 Å². The third-order valence-electron chi connectivity index (χ3n) is 3.34. The lowest BCUT2D eigenvalue weighted by Gasteiger charge is -2.22. The molecule has 6 nitrogen and oxygen atoms in total. The van der Waals surface area contributed by atoms with Gasteiger partial charge in [-0.1, -0.05) is 6.92 Å². The zero-order chi connectivity index (χ0) is 15.6. The van der Waals surface area contributed by atoms with Gasteiger partial charge in [0.1, 0.15) is 0 Å². The second kappa shape index (κ2) is 5.71. The maximum Gasteiger partial charge on any atom is 0.293 e. The molecule has 0 fully saturated rings. The zero-order valence-electron chi connectivity index (χ0n) is 13.3. The first-order chi connectivity index (χ1) is 9.82. The third kappa shape index (κ3) is 3.32.